The summed E-state index contributed by atoms with van der Waals surface area (Å²) in [4.78, 5) is 0.338. The van der Waals surface area contributed by atoms with Gasteiger partial charge in [0.15, 0.2) is 0 Å². The molecule has 1 fully saturated rings. The molecule has 4 nitrogen and oxygen atoms in total. The normalized spacial score (nSPS) is 15.6. The Balaban J connectivity index is 1.98. The molecular weight excluding hydrogens is 248 g/mol. The first-order valence-corrected chi connectivity index (χ1v) is 7.94. The van der Waals surface area contributed by atoms with Crippen LogP contribution in [-0.4, -0.2) is 21.5 Å². The van der Waals surface area contributed by atoms with E-state index >= 15 is 0 Å². The van der Waals surface area contributed by atoms with Crippen molar-refractivity contribution < 1.29 is 8.42 Å². The van der Waals surface area contributed by atoms with E-state index in [-0.39, 0.29) is 0 Å². The van der Waals surface area contributed by atoms with Gasteiger partial charge in [-0.1, -0.05) is 6.92 Å². The highest BCUT2D eigenvalue weighted by Crippen LogP contribution is 2.28. The van der Waals surface area contributed by atoms with E-state index in [1.165, 1.54) is 0 Å². The van der Waals surface area contributed by atoms with Crippen molar-refractivity contribution in [3.8, 4) is 0 Å². The lowest BCUT2D eigenvalue weighted by Gasteiger charge is -2.08. The van der Waals surface area contributed by atoms with E-state index in [4.69, 9.17) is 0 Å². The standard InChI is InChI=1S/C13H20N2O2S/c1-2-9-14-12-5-7-13(8-6-12)18(16,17)15-10-11-3-4-11/h5-8,11,14-15H,2-4,9-10H2,1H3. The Kier molecular flexibility index (Phi) is 4.24. The molecule has 1 aliphatic carbocycles. The fraction of sp³-hybridized carbons (Fsp3) is 0.538. The van der Waals surface area contributed by atoms with E-state index in [9.17, 15) is 8.42 Å². The molecule has 0 atom stereocenters. The predicted octanol–water partition coefficient (Wildman–Crippen LogP) is 2.20. The topological polar surface area (TPSA) is 58.2 Å². The Bertz CT molecular complexity index is 478. The average molecular weight is 268 g/mol. The number of rotatable bonds is 7. The number of hydrogen-bond acceptors (Lipinski definition) is 3. The van der Waals surface area contributed by atoms with Crippen LogP contribution in [0, 0.1) is 5.92 Å². The molecule has 0 radical (unpaired) electrons. The Morgan fingerprint density at radius 3 is 2.44 bits per heavy atom. The first-order chi connectivity index (χ1) is 8.62. The second-order valence-electron chi connectivity index (χ2n) is 4.75. The van der Waals surface area contributed by atoms with Gasteiger partial charge in [-0.05, 0) is 49.4 Å². The van der Waals surface area contributed by atoms with Gasteiger partial charge in [-0.25, -0.2) is 13.1 Å². The number of hydrogen-bond donors (Lipinski definition) is 2. The molecule has 0 unspecified atom stereocenters. The van der Waals surface area contributed by atoms with Crippen molar-refractivity contribution in [3.63, 3.8) is 0 Å². The molecule has 0 aromatic heterocycles. The summed E-state index contributed by atoms with van der Waals surface area (Å²) in [5.74, 6) is 0.547. The lowest BCUT2D eigenvalue weighted by Crippen LogP contribution is -2.25. The van der Waals surface area contributed by atoms with Gasteiger partial charge in [-0.15, -0.1) is 0 Å². The zero-order chi connectivity index (χ0) is 13.0. The third-order valence-electron chi connectivity index (χ3n) is 3.00. The van der Waals surface area contributed by atoms with E-state index in [2.05, 4.69) is 17.0 Å². The molecule has 0 amide bonds. The maximum atomic E-state index is 12.0. The number of nitrogens with one attached hydrogen (secondary N) is 2. The lowest BCUT2D eigenvalue weighted by molar-refractivity contribution is 0.577. The van der Waals surface area contributed by atoms with Crippen molar-refractivity contribution in [2.45, 2.75) is 31.1 Å². The van der Waals surface area contributed by atoms with Crippen molar-refractivity contribution in [2.75, 3.05) is 18.4 Å². The van der Waals surface area contributed by atoms with Gasteiger partial charge in [0, 0.05) is 18.8 Å². The van der Waals surface area contributed by atoms with Crippen LogP contribution in [-0.2, 0) is 10.0 Å². The van der Waals surface area contributed by atoms with Gasteiger partial charge < -0.3 is 5.32 Å². The van der Waals surface area contributed by atoms with Crippen LogP contribution in [0.2, 0.25) is 0 Å². The Labute approximate surface area is 109 Å². The van der Waals surface area contributed by atoms with E-state index in [1.807, 2.05) is 0 Å². The highest BCUT2D eigenvalue weighted by atomic mass is 32.2. The van der Waals surface area contributed by atoms with Crippen LogP contribution in [0.4, 0.5) is 5.69 Å². The van der Waals surface area contributed by atoms with Crippen LogP contribution in [0.15, 0.2) is 29.2 Å². The second-order valence-corrected chi connectivity index (χ2v) is 6.51. The van der Waals surface area contributed by atoms with Gasteiger partial charge in [-0.3, -0.25) is 0 Å². The maximum Gasteiger partial charge on any atom is 0.240 e. The van der Waals surface area contributed by atoms with Crippen LogP contribution >= 0.6 is 0 Å². The summed E-state index contributed by atoms with van der Waals surface area (Å²) in [7, 11) is -3.33. The molecular formula is C13H20N2O2S. The van der Waals surface area contributed by atoms with Gasteiger partial charge in [0.1, 0.15) is 0 Å². The molecule has 0 bridgehead atoms. The van der Waals surface area contributed by atoms with Gasteiger partial charge in [0.25, 0.3) is 0 Å². The summed E-state index contributed by atoms with van der Waals surface area (Å²) in [5, 5.41) is 3.22. The molecule has 1 aromatic carbocycles. The molecule has 1 aliphatic rings. The molecule has 2 rings (SSSR count). The second kappa shape index (κ2) is 5.71. The number of anilines is 1. The fourth-order valence-electron chi connectivity index (χ4n) is 1.65. The molecule has 18 heavy (non-hydrogen) atoms. The Morgan fingerprint density at radius 2 is 1.89 bits per heavy atom. The van der Waals surface area contributed by atoms with Crippen molar-refractivity contribution in [3.05, 3.63) is 24.3 Å². The molecule has 0 aliphatic heterocycles. The minimum Gasteiger partial charge on any atom is -0.385 e. The molecule has 0 spiro atoms. The SMILES string of the molecule is CCCNc1ccc(S(=O)(=O)NCC2CC2)cc1. The van der Waals surface area contributed by atoms with E-state index < -0.39 is 10.0 Å². The van der Waals surface area contributed by atoms with Crippen molar-refractivity contribution >= 4 is 15.7 Å². The van der Waals surface area contributed by atoms with Crippen molar-refractivity contribution in [1.82, 2.24) is 4.72 Å². The van der Waals surface area contributed by atoms with Crippen LogP contribution < -0.4 is 10.0 Å². The predicted molar refractivity (Wildman–Crippen MR) is 73.1 cm³/mol. The third-order valence-corrected chi connectivity index (χ3v) is 4.44. The molecule has 2 N–H and O–H groups in total. The summed E-state index contributed by atoms with van der Waals surface area (Å²) >= 11 is 0. The van der Waals surface area contributed by atoms with Crippen LogP contribution in [0.25, 0.3) is 0 Å². The molecule has 0 saturated heterocycles. The zero-order valence-electron chi connectivity index (χ0n) is 10.6. The highest BCUT2D eigenvalue weighted by Gasteiger charge is 2.24. The fourth-order valence-corrected chi connectivity index (χ4v) is 2.77. The highest BCUT2D eigenvalue weighted by molar-refractivity contribution is 7.89. The zero-order valence-corrected chi connectivity index (χ0v) is 11.5. The van der Waals surface area contributed by atoms with E-state index in [0.29, 0.717) is 17.4 Å². The van der Waals surface area contributed by atoms with Gasteiger partial charge >= 0.3 is 0 Å². The number of benzene rings is 1. The summed E-state index contributed by atoms with van der Waals surface area (Å²) in [6, 6.07) is 6.91. The minimum absolute atomic E-state index is 0.338. The van der Waals surface area contributed by atoms with Crippen LogP contribution in [0.3, 0.4) is 0 Å². The molecule has 0 heterocycles. The molecule has 100 valence electrons. The van der Waals surface area contributed by atoms with Crippen molar-refractivity contribution in [1.29, 1.82) is 0 Å². The lowest BCUT2D eigenvalue weighted by atomic mass is 10.3. The molecule has 1 aromatic rings. The van der Waals surface area contributed by atoms with Gasteiger partial charge in [0.05, 0.1) is 4.90 Å². The largest absolute Gasteiger partial charge is 0.385 e. The van der Waals surface area contributed by atoms with Gasteiger partial charge in [-0.2, -0.15) is 0 Å². The number of sulfonamides is 1. The minimum atomic E-state index is -3.33. The van der Waals surface area contributed by atoms with Crippen molar-refractivity contribution in [2.24, 2.45) is 5.92 Å². The summed E-state index contributed by atoms with van der Waals surface area (Å²) in [5.41, 5.74) is 0.956. The monoisotopic (exact) mass is 268 g/mol. The summed E-state index contributed by atoms with van der Waals surface area (Å²) in [6.07, 6.45) is 3.33. The van der Waals surface area contributed by atoms with E-state index in [1.54, 1.807) is 24.3 Å². The quantitative estimate of drug-likeness (QED) is 0.797. The first kappa shape index (κ1) is 13.4. The third kappa shape index (κ3) is 3.71. The molecule has 5 heteroatoms. The summed E-state index contributed by atoms with van der Waals surface area (Å²) in [6.45, 7) is 3.55. The van der Waals surface area contributed by atoms with E-state index in [0.717, 1.165) is 31.5 Å². The smallest absolute Gasteiger partial charge is 0.240 e. The maximum absolute atomic E-state index is 12.0. The summed E-state index contributed by atoms with van der Waals surface area (Å²) < 4.78 is 26.6. The first-order valence-electron chi connectivity index (χ1n) is 6.45. The Hall–Kier alpha value is -1.07. The average Bonchev–Trinajstić information content (AvgIpc) is 3.19. The Morgan fingerprint density at radius 1 is 1.22 bits per heavy atom. The molecule has 1 saturated carbocycles. The van der Waals surface area contributed by atoms with Crippen LogP contribution in [0.5, 0.6) is 0 Å². The van der Waals surface area contributed by atoms with Gasteiger partial charge in [0.2, 0.25) is 10.0 Å². The van der Waals surface area contributed by atoms with Crippen LogP contribution in [0.1, 0.15) is 26.2 Å².